The minimum atomic E-state index is 0.00306. The van der Waals surface area contributed by atoms with Crippen LogP contribution in [-0.4, -0.2) is 32.2 Å². The van der Waals surface area contributed by atoms with E-state index < -0.39 is 0 Å². The number of hydrogen-bond acceptors (Lipinski definition) is 2. The summed E-state index contributed by atoms with van der Waals surface area (Å²) in [5, 5.41) is 0.753. The molecule has 1 aromatic carbocycles. The molecule has 2 rings (SSSR count). The average molecular weight is 322 g/mol. The summed E-state index contributed by atoms with van der Waals surface area (Å²) in [6.07, 6.45) is 3.25. The summed E-state index contributed by atoms with van der Waals surface area (Å²) in [4.78, 5) is 18.3. The highest BCUT2D eigenvalue weighted by Crippen LogP contribution is 2.10. The van der Waals surface area contributed by atoms with Gasteiger partial charge in [-0.25, -0.2) is 4.98 Å². The van der Waals surface area contributed by atoms with Crippen molar-refractivity contribution in [2.24, 2.45) is 7.05 Å². The number of aromatic nitrogens is 2. The molecular formula is C14H16BrN3O. The van der Waals surface area contributed by atoms with Gasteiger partial charge in [0.2, 0.25) is 0 Å². The SMILES string of the molecule is Cn1cncc1C(=O)N(CCBr)Cc1ccccc1. The quantitative estimate of drug-likeness (QED) is 0.793. The predicted octanol–water partition coefficient (Wildman–Crippen LogP) is 2.46. The molecule has 0 fully saturated rings. The summed E-state index contributed by atoms with van der Waals surface area (Å²) in [7, 11) is 1.83. The Labute approximate surface area is 121 Å². The fraction of sp³-hybridized carbons (Fsp3) is 0.286. The molecule has 0 atom stereocenters. The molecule has 0 unspecified atom stereocenters. The van der Waals surface area contributed by atoms with Crippen molar-refractivity contribution < 1.29 is 4.79 Å². The third-order valence-electron chi connectivity index (χ3n) is 2.89. The lowest BCUT2D eigenvalue weighted by molar-refractivity contribution is 0.0745. The number of carbonyl (C=O) groups is 1. The summed E-state index contributed by atoms with van der Waals surface area (Å²) >= 11 is 3.40. The van der Waals surface area contributed by atoms with Crippen molar-refractivity contribution in [3.8, 4) is 0 Å². The number of carbonyl (C=O) groups excluding carboxylic acids is 1. The maximum Gasteiger partial charge on any atom is 0.272 e. The number of hydrogen-bond donors (Lipinski definition) is 0. The Bertz CT molecular complexity index is 539. The van der Waals surface area contributed by atoms with Gasteiger partial charge in [0.25, 0.3) is 5.91 Å². The van der Waals surface area contributed by atoms with E-state index in [9.17, 15) is 4.79 Å². The smallest absolute Gasteiger partial charge is 0.272 e. The first-order valence-electron chi connectivity index (χ1n) is 6.08. The van der Waals surface area contributed by atoms with Crippen LogP contribution in [0.4, 0.5) is 0 Å². The second-order valence-corrected chi connectivity index (χ2v) is 5.08. The van der Waals surface area contributed by atoms with Crippen LogP contribution in [-0.2, 0) is 13.6 Å². The third kappa shape index (κ3) is 3.44. The van der Waals surface area contributed by atoms with Crippen molar-refractivity contribution in [1.29, 1.82) is 0 Å². The number of halogens is 1. The van der Waals surface area contributed by atoms with E-state index in [1.807, 2.05) is 42.3 Å². The van der Waals surface area contributed by atoms with Crippen LogP contribution in [0.1, 0.15) is 16.1 Å². The summed E-state index contributed by atoms with van der Waals surface area (Å²) in [5.74, 6) is 0.00306. The van der Waals surface area contributed by atoms with Gasteiger partial charge in [0.05, 0.1) is 12.5 Å². The molecule has 0 aliphatic rings. The van der Waals surface area contributed by atoms with E-state index in [-0.39, 0.29) is 5.91 Å². The van der Waals surface area contributed by atoms with Gasteiger partial charge in [-0.2, -0.15) is 0 Å². The fourth-order valence-electron chi connectivity index (χ4n) is 1.88. The number of benzene rings is 1. The topological polar surface area (TPSA) is 38.1 Å². The Balaban J connectivity index is 2.16. The number of amides is 1. The van der Waals surface area contributed by atoms with Gasteiger partial charge in [-0.15, -0.1) is 0 Å². The molecule has 0 radical (unpaired) electrons. The zero-order valence-corrected chi connectivity index (χ0v) is 12.4. The molecule has 0 bridgehead atoms. The second kappa shape index (κ2) is 6.52. The molecule has 1 heterocycles. The minimum absolute atomic E-state index is 0.00306. The molecule has 100 valence electrons. The van der Waals surface area contributed by atoms with Crippen LogP contribution in [0, 0.1) is 0 Å². The summed E-state index contributed by atoms with van der Waals surface area (Å²) < 4.78 is 1.74. The van der Waals surface area contributed by atoms with Crippen molar-refractivity contribution in [1.82, 2.24) is 14.5 Å². The van der Waals surface area contributed by atoms with E-state index in [0.29, 0.717) is 18.8 Å². The van der Waals surface area contributed by atoms with Crippen LogP contribution in [0.3, 0.4) is 0 Å². The first-order valence-corrected chi connectivity index (χ1v) is 7.20. The summed E-state index contributed by atoms with van der Waals surface area (Å²) in [6, 6.07) is 9.99. The maximum atomic E-state index is 12.5. The first kappa shape index (κ1) is 13.8. The standard InChI is InChI=1S/C14H16BrN3O/c1-17-11-16-9-13(17)14(19)18(8-7-15)10-12-5-3-2-4-6-12/h2-6,9,11H,7-8,10H2,1H3. The normalized spacial score (nSPS) is 10.4. The molecule has 0 aliphatic heterocycles. The van der Waals surface area contributed by atoms with E-state index in [2.05, 4.69) is 20.9 Å². The molecule has 0 aliphatic carbocycles. The van der Waals surface area contributed by atoms with E-state index in [0.717, 1.165) is 10.9 Å². The van der Waals surface area contributed by atoms with Gasteiger partial charge in [-0.05, 0) is 5.56 Å². The number of nitrogens with zero attached hydrogens (tertiary/aromatic N) is 3. The van der Waals surface area contributed by atoms with E-state index in [1.165, 1.54) is 0 Å². The highest BCUT2D eigenvalue weighted by atomic mass is 79.9. The monoisotopic (exact) mass is 321 g/mol. The largest absolute Gasteiger partial charge is 0.332 e. The molecule has 1 amide bonds. The Morgan fingerprint density at radius 1 is 1.37 bits per heavy atom. The molecule has 5 heteroatoms. The van der Waals surface area contributed by atoms with Gasteiger partial charge in [0, 0.05) is 25.5 Å². The van der Waals surface area contributed by atoms with Crippen LogP contribution >= 0.6 is 15.9 Å². The van der Waals surface area contributed by atoms with E-state index in [1.54, 1.807) is 17.1 Å². The Hall–Kier alpha value is -1.62. The molecule has 0 saturated heterocycles. The number of alkyl halides is 1. The summed E-state index contributed by atoms with van der Waals surface area (Å²) in [6.45, 7) is 1.27. The summed E-state index contributed by atoms with van der Waals surface area (Å²) in [5.41, 5.74) is 1.73. The number of aryl methyl sites for hydroxylation is 1. The highest BCUT2D eigenvalue weighted by molar-refractivity contribution is 9.09. The van der Waals surface area contributed by atoms with Crippen molar-refractivity contribution in [2.45, 2.75) is 6.54 Å². The second-order valence-electron chi connectivity index (χ2n) is 4.29. The van der Waals surface area contributed by atoms with Crippen molar-refractivity contribution >= 4 is 21.8 Å². The predicted molar refractivity (Wildman–Crippen MR) is 78.2 cm³/mol. The molecule has 1 aromatic heterocycles. The highest BCUT2D eigenvalue weighted by Gasteiger charge is 2.18. The Morgan fingerprint density at radius 2 is 2.11 bits per heavy atom. The van der Waals surface area contributed by atoms with Crippen LogP contribution in [0.5, 0.6) is 0 Å². The van der Waals surface area contributed by atoms with Crippen LogP contribution in [0.15, 0.2) is 42.9 Å². The lowest BCUT2D eigenvalue weighted by Gasteiger charge is -2.21. The number of imidazole rings is 1. The molecular weight excluding hydrogens is 306 g/mol. The Kier molecular flexibility index (Phi) is 4.74. The van der Waals surface area contributed by atoms with Crippen LogP contribution in [0.2, 0.25) is 0 Å². The van der Waals surface area contributed by atoms with Crippen molar-refractivity contribution in [2.75, 3.05) is 11.9 Å². The van der Waals surface area contributed by atoms with Gasteiger partial charge in [0.15, 0.2) is 0 Å². The maximum absolute atomic E-state index is 12.5. The Morgan fingerprint density at radius 3 is 2.68 bits per heavy atom. The molecule has 19 heavy (non-hydrogen) atoms. The molecule has 0 saturated carbocycles. The molecule has 0 N–H and O–H groups in total. The van der Waals surface area contributed by atoms with E-state index in [4.69, 9.17) is 0 Å². The van der Waals surface area contributed by atoms with Crippen molar-refractivity contribution in [3.63, 3.8) is 0 Å². The fourth-order valence-corrected chi connectivity index (χ4v) is 2.31. The minimum Gasteiger partial charge on any atom is -0.332 e. The van der Waals surface area contributed by atoms with Crippen molar-refractivity contribution in [3.05, 3.63) is 54.1 Å². The average Bonchev–Trinajstić information content (AvgIpc) is 2.85. The van der Waals surface area contributed by atoms with Gasteiger partial charge < -0.3 is 9.47 Å². The first-order chi connectivity index (χ1) is 9.22. The third-order valence-corrected chi connectivity index (χ3v) is 3.25. The van der Waals surface area contributed by atoms with E-state index >= 15 is 0 Å². The molecule has 4 nitrogen and oxygen atoms in total. The lowest BCUT2D eigenvalue weighted by Crippen LogP contribution is -2.33. The lowest BCUT2D eigenvalue weighted by atomic mass is 10.2. The molecule has 2 aromatic rings. The van der Waals surface area contributed by atoms with Gasteiger partial charge in [0.1, 0.15) is 5.69 Å². The molecule has 0 spiro atoms. The van der Waals surface area contributed by atoms with Gasteiger partial charge >= 0.3 is 0 Å². The van der Waals surface area contributed by atoms with Gasteiger partial charge in [-0.1, -0.05) is 46.3 Å². The van der Waals surface area contributed by atoms with Gasteiger partial charge in [-0.3, -0.25) is 4.79 Å². The zero-order valence-electron chi connectivity index (χ0n) is 10.8. The van der Waals surface area contributed by atoms with Crippen LogP contribution < -0.4 is 0 Å². The number of rotatable bonds is 5. The zero-order chi connectivity index (χ0) is 13.7. The van der Waals surface area contributed by atoms with Crippen LogP contribution in [0.25, 0.3) is 0 Å².